The van der Waals surface area contributed by atoms with Gasteiger partial charge in [-0.05, 0) is 49.7 Å². The molecular formula is C18H17Cl2N3O3. The van der Waals surface area contributed by atoms with E-state index in [0.717, 1.165) is 5.56 Å². The van der Waals surface area contributed by atoms with Gasteiger partial charge in [0.25, 0.3) is 5.91 Å². The van der Waals surface area contributed by atoms with E-state index in [4.69, 9.17) is 23.2 Å². The zero-order chi connectivity index (χ0) is 19.3. The quantitative estimate of drug-likeness (QED) is 0.526. The van der Waals surface area contributed by atoms with Gasteiger partial charge in [-0.15, -0.1) is 0 Å². The van der Waals surface area contributed by atoms with Gasteiger partial charge < -0.3 is 10.4 Å². The van der Waals surface area contributed by atoms with E-state index in [1.54, 1.807) is 32.0 Å². The van der Waals surface area contributed by atoms with Crippen LogP contribution in [0.1, 0.15) is 29.3 Å². The van der Waals surface area contributed by atoms with Crippen molar-refractivity contribution in [1.82, 2.24) is 5.43 Å². The minimum Gasteiger partial charge on any atom is -0.507 e. The number of hydrogen-bond acceptors (Lipinski definition) is 4. The van der Waals surface area contributed by atoms with Crippen molar-refractivity contribution in [2.24, 2.45) is 5.10 Å². The minimum atomic E-state index is -0.629. The molecule has 0 radical (unpaired) electrons. The molecule has 26 heavy (non-hydrogen) atoms. The number of carbonyl (C=O) groups excluding carboxylic acids is 2. The van der Waals surface area contributed by atoms with Crippen LogP contribution < -0.4 is 10.7 Å². The molecule has 2 aromatic carbocycles. The first-order valence-electron chi connectivity index (χ1n) is 7.65. The number of halogens is 2. The van der Waals surface area contributed by atoms with Crippen molar-refractivity contribution in [1.29, 1.82) is 0 Å². The number of nitrogens with one attached hydrogen (secondary N) is 2. The lowest BCUT2D eigenvalue weighted by molar-refractivity contribution is -0.115. The summed E-state index contributed by atoms with van der Waals surface area (Å²) in [6.07, 6.45) is -0.0201. The Labute approximate surface area is 160 Å². The molecule has 2 aromatic rings. The van der Waals surface area contributed by atoms with Gasteiger partial charge in [0.2, 0.25) is 5.91 Å². The number of benzene rings is 2. The van der Waals surface area contributed by atoms with Gasteiger partial charge in [-0.3, -0.25) is 9.59 Å². The summed E-state index contributed by atoms with van der Waals surface area (Å²) in [6.45, 7) is 3.40. The maximum absolute atomic E-state index is 12.1. The molecule has 136 valence electrons. The van der Waals surface area contributed by atoms with E-state index in [0.29, 0.717) is 21.4 Å². The van der Waals surface area contributed by atoms with E-state index in [1.807, 2.05) is 0 Å². The molecule has 0 fully saturated rings. The van der Waals surface area contributed by atoms with E-state index in [2.05, 4.69) is 15.8 Å². The molecular weight excluding hydrogens is 377 g/mol. The molecule has 2 amide bonds. The highest BCUT2D eigenvalue weighted by Gasteiger charge is 2.12. The highest BCUT2D eigenvalue weighted by atomic mass is 35.5. The minimum absolute atomic E-state index is 0.00643. The summed E-state index contributed by atoms with van der Waals surface area (Å²) in [6, 6.07) is 9.32. The van der Waals surface area contributed by atoms with Gasteiger partial charge in [-0.1, -0.05) is 29.3 Å². The first-order valence-corrected chi connectivity index (χ1v) is 8.40. The predicted octanol–water partition coefficient (Wildman–Crippen LogP) is 4.14. The highest BCUT2D eigenvalue weighted by Crippen LogP contribution is 2.23. The first-order chi connectivity index (χ1) is 12.3. The average molecular weight is 394 g/mol. The molecule has 6 nitrogen and oxygen atoms in total. The number of hydrazone groups is 1. The number of nitrogens with zero attached hydrogens (tertiary/aromatic N) is 1. The standard InChI is InChI=1S/C18H17Cl2N3O3/c1-10(8-17(25)21-15-5-3-4-14(20)11(15)2)22-23-18(26)13-9-12(19)6-7-16(13)24/h3-7,9,24H,8H2,1-2H3,(H,21,25)(H,23,26)/b22-10+. The van der Waals surface area contributed by atoms with Crippen molar-refractivity contribution in [2.45, 2.75) is 20.3 Å². The Hall–Kier alpha value is -2.57. The molecule has 8 heteroatoms. The van der Waals surface area contributed by atoms with Crippen molar-refractivity contribution >= 4 is 46.4 Å². The lowest BCUT2D eigenvalue weighted by Crippen LogP contribution is -2.21. The summed E-state index contributed by atoms with van der Waals surface area (Å²) in [5.41, 5.74) is 4.05. The Kier molecular flexibility index (Phi) is 6.60. The molecule has 3 N–H and O–H groups in total. The van der Waals surface area contributed by atoms with Crippen molar-refractivity contribution in [3.63, 3.8) is 0 Å². The monoisotopic (exact) mass is 393 g/mol. The Morgan fingerprint density at radius 1 is 1.19 bits per heavy atom. The van der Waals surface area contributed by atoms with Gasteiger partial charge >= 0.3 is 0 Å². The first kappa shape index (κ1) is 19.8. The molecule has 0 aliphatic heterocycles. The second-order valence-electron chi connectivity index (χ2n) is 5.59. The SMILES string of the molecule is C/C(CC(=O)Nc1cccc(Cl)c1C)=N\NC(=O)c1cc(Cl)ccc1O. The van der Waals surface area contributed by atoms with Crippen LogP contribution in [0.15, 0.2) is 41.5 Å². The zero-order valence-corrected chi connectivity index (χ0v) is 15.6. The fourth-order valence-electron chi connectivity index (χ4n) is 2.11. The highest BCUT2D eigenvalue weighted by molar-refractivity contribution is 6.32. The second-order valence-corrected chi connectivity index (χ2v) is 6.43. The fourth-order valence-corrected chi connectivity index (χ4v) is 2.45. The molecule has 0 atom stereocenters. The smallest absolute Gasteiger partial charge is 0.275 e. The van der Waals surface area contributed by atoms with Gasteiger partial charge in [0.05, 0.1) is 12.0 Å². The normalized spacial score (nSPS) is 11.2. The van der Waals surface area contributed by atoms with E-state index in [-0.39, 0.29) is 23.6 Å². The molecule has 0 saturated heterocycles. The Bertz CT molecular complexity index is 882. The van der Waals surface area contributed by atoms with Crippen molar-refractivity contribution < 1.29 is 14.7 Å². The van der Waals surface area contributed by atoms with Crippen LogP contribution in [0.25, 0.3) is 0 Å². The van der Waals surface area contributed by atoms with Crippen LogP contribution in [0, 0.1) is 6.92 Å². The average Bonchev–Trinajstić information content (AvgIpc) is 2.59. The number of anilines is 1. The summed E-state index contributed by atoms with van der Waals surface area (Å²) >= 11 is 11.8. The molecule has 0 unspecified atom stereocenters. The summed E-state index contributed by atoms with van der Waals surface area (Å²) in [7, 11) is 0. The van der Waals surface area contributed by atoms with Crippen LogP contribution >= 0.6 is 23.2 Å². The number of aromatic hydroxyl groups is 1. The molecule has 0 aliphatic carbocycles. The van der Waals surface area contributed by atoms with Crippen molar-refractivity contribution in [2.75, 3.05) is 5.32 Å². The van der Waals surface area contributed by atoms with Gasteiger partial charge in [-0.2, -0.15) is 5.10 Å². The number of hydrogen-bond donors (Lipinski definition) is 3. The van der Waals surface area contributed by atoms with Crippen molar-refractivity contribution in [3.05, 3.63) is 57.6 Å². The largest absolute Gasteiger partial charge is 0.507 e. The van der Waals surface area contributed by atoms with E-state index in [9.17, 15) is 14.7 Å². The second kappa shape index (κ2) is 8.69. The van der Waals surface area contributed by atoms with Gasteiger partial charge in [-0.25, -0.2) is 5.43 Å². The molecule has 0 spiro atoms. The summed E-state index contributed by atoms with van der Waals surface area (Å²) in [4.78, 5) is 24.1. The van der Waals surface area contributed by atoms with E-state index in [1.165, 1.54) is 18.2 Å². The van der Waals surface area contributed by atoms with Gasteiger partial charge in [0.15, 0.2) is 0 Å². The number of phenols is 1. The third-order valence-electron chi connectivity index (χ3n) is 3.51. The maximum Gasteiger partial charge on any atom is 0.275 e. The van der Waals surface area contributed by atoms with Crippen LogP contribution in [-0.2, 0) is 4.79 Å². The topological polar surface area (TPSA) is 90.8 Å². The molecule has 0 aliphatic rings. The molecule has 0 aromatic heterocycles. The summed E-state index contributed by atoms with van der Waals surface area (Å²) in [5, 5.41) is 17.2. The van der Waals surface area contributed by atoms with Crippen LogP contribution in [0.5, 0.6) is 5.75 Å². The van der Waals surface area contributed by atoms with Gasteiger partial charge in [0.1, 0.15) is 5.75 Å². The maximum atomic E-state index is 12.1. The lowest BCUT2D eigenvalue weighted by atomic mass is 10.2. The molecule has 2 rings (SSSR count). The van der Waals surface area contributed by atoms with Gasteiger partial charge in [0, 0.05) is 21.4 Å². The molecule has 0 saturated carbocycles. The van der Waals surface area contributed by atoms with E-state index >= 15 is 0 Å². The number of phenolic OH excluding ortho intramolecular Hbond substituents is 1. The molecule has 0 heterocycles. The zero-order valence-electron chi connectivity index (χ0n) is 14.1. The van der Waals surface area contributed by atoms with E-state index < -0.39 is 5.91 Å². The van der Waals surface area contributed by atoms with Crippen LogP contribution in [0.4, 0.5) is 5.69 Å². The Morgan fingerprint density at radius 2 is 1.92 bits per heavy atom. The van der Waals surface area contributed by atoms with Crippen LogP contribution in [0.2, 0.25) is 10.0 Å². The van der Waals surface area contributed by atoms with Crippen LogP contribution in [0.3, 0.4) is 0 Å². The summed E-state index contributed by atoms with van der Waals surface area (Å²) < 4.78 is 0. The third-order valence-corrected chi connectivity index (χ3v) is 4.15. The Morgan fingerprint density at radius 3 is 2.65 bits per heavy atom. The molecule has 0 bridgehead atoms. The number of carbonyl (C=O) groups is 2. The fraction of sp³-hybridized carbons (Fsp3) is 0.167. The number of amides is 2. The Balaban J connectivity index is 1.97. The number of rotatable bonds is 5. The van der Waals surface area contributed by atoms with Crippen LogP contribution in [-0.4, -0.2) is 22.6 Å². The predicted molar refractivity (Wildman–Crippen MR) is 103 cm³/mol. The third kappa shape index (κ3) is 5.21. The lowest BCUT2D eigenvalue weighted by Gasteiger charge is -2.09. The van der Waals surface area contributed by atoms with Crippen molar-refractivity contribution in [3.8, 4) is 5.75 Å². The summed E-state index contributed by atoms with van der Waals surface area (Å²) in [5.74, 6) is -1.14.